The summed E-state index contributed by atoms with van der Waals surface area (Å²) < 4.78 is 5.77. The Morgan fingerprint density at radius 1 is 0.370 bits per heavy atom. The molecule has 12 heteroatoms. The number of aliphatic hydroxyl groups is 4. The van der Waals surface area contributed by atoms with E-state index in [-0.39, 0.29) is 18.2 Å². The van der Waals surface area contributed by atoms with E-state index in [9.17, 15) is 25.2 Å². The van der Waals surface area contributed by atoms with E-state index in [0.29, 0.717) is 52.2 Å². The molecule has 0 bridgehead atoms. The second kappa shape index (κ2) is 71.1. The first kappa shape index (κ1) is 88.8. The van der Waals surface area contributed by atoms with Gasteiger partial charge in [-0.25, -0.2) is 0 Å². The molecule has 1 heterocycles. The molecule has 1 aliphatic rings. The lowest BCUT2D eigenvalue weighted by atomic mass is 10.0. The molecule has 1 fully saturated rings. The van der Waals surface area contributed by atoms with E-state index < -0.39 is 12.2 Å². The molecule has 92 heavy (non-hydrogen) atoms. The number of rotatable bonds is 72. The Labute approximate surface area is 579 Å². The van der Waals surface area contributed by atoms with Crippen molar-refractivity contribution >= 4 is 27.6 Å². The molecule has 0 spiro atoms. The highest BCUT2D eigenvalue weighted by atomic mass is 33.1. The summed E-state index contributed by atoms with van der Waals surface area (Å²) in [6.45, 7) is 19.5. The van der Waals surface area contributed by atoms with Crippen LogP contribution in [0.2, 0.25) is 0 Å². The van der Waals surface area contributed by atoms with Crippen molar-refractivity contribution in [3.63, 3.8) is 0 Å². The van der Waals surface area contributed by atoms with Gasteiger partial charge < -0.3 is 25.2 Å². The summed E-state index contributed by atoms with van der Waals surface area (Å²) in [5, 5.41) is 44.6. The van der Waals surface area contributed by atoms with Gasteiger partial charge in [0.1, 0.15) is 6.61 Å². The maximum Gasteiger partial charge on any atom is 0.305 e. The third-order valence-electron chi connectivity index (χ3n) is 18.7. The molecular formula is C80H154N4O6S2. The molecule has 1 rings (SSSR count). The molecule has 0 radical (unpaired) electrons. The first-order chi connectivity index (χ1) is 45.2. The summed E-state index contributed by atoms with van der Waals surface area (Å²) in [6, 6.07) is 0. The highest BCUT2D eigenvalue weighted by Crippen LogP contribution is 2.24. The van der Waals surface area contributed by atoms with E-state index in [0.717, 1.165) is 160 Å². The molecule has 0 aromatic heterocycles. The summed E-state index contributed by atoms with van der Waals surface area (Å²) in [5.41, 5.74) is 0. The maximum atomic E-state index is 13.0. The first-order valence-electron chi connectivity index (χ1n) is 39.8. The number of esters is 1. The number of hydrogen-bond acceptors (Lipinski definition) is 12. The van der Waals surface area contributed by atoms with Crippen molar-refractivity contribution in [1.82, 2.24) is 19.6 Å². The van der Waals surface area contributed by atoms with Gasteiger partial charge in [0.05, 0.1) is 24.4 Å². The second-order valence-electron chi connectivity index (χ2n) is 27.8. The molecule has 4 atom stereocenters. The van der Waals surface area contributed by atoms with Crippen molar-refractivity contribution in [3.8, 4) is 0 Å². The van der Waals surface area contributed by atoms with Crippen LogP contribution in [0, 0.1) is 0 Å². The number of nitrogens with zero attached hydrogens (tertiary/aromatic N) is 4. The normalized spacial score (nSPS) is 15.1. The van der Waals surface area contributed by atoms with Crippen LogP contribution < -0.4 is 0 Å². The van der Waals surface area contributed by atoms with E-state index in [1.165, 1.54) is 193 Å². The Kier molecular flexibility index (Phi) is 68.6. The van der Waals surface area contributed by atoms with Crippen LogP contribution in [0.1, 0.15) is 336 Å². The molecule has 0 aromatic carbocycles. The molecule has 1 aliphatic heterocycles. The molecular weight excluding hydrogens is 1180 g/mol. The first-order valence-corrected chi connectivity index (χ1v) is 42.3. The molecule has 0 aliphatic carbocycles. The van der Waals surface area contributed by atoms with E-state index in [4.69, 9.17) is 4.74 Å². The van der Waals surface area contributed by atoms with Gasteiger partial charge in [-0.1, -0.05) is 291 Å². The van der Waals surface area contributed by atoms with Crippen LogP contribution in [0.4, 0.5) is 0 Å². The lowest BCUT2D eigenvalue weighted by Gasteiger charge is -2.34. The number of piperazine rings is 1. The average molecular weight is 1330 g/mol. The Morgan fingerprint density at radius 3 is 1.05 bits per heavy atom. The summed E-state index contributed by atoms with van der Waals surface area (Å²) in [6.07, 6.45) is 73.2. The predicted octanol–water partition coefficient (Wildman–Crippen LogP) is 20.6. The largest absolute Gasteiger partial charge is 0.464 e. The quantitative estimate of drug-likeness (QED) is 0.0201. The van der Waals surface area contributed by atoms with Crippen molar-refractivity contribution < 1.29 is 30.0 Å². The minimum Gasteiger partial charge on any atom is -0.464 e. The second-order valence-corrected chi connectivity index (χ2v) is 30.5. The van der Waals surface area contributed by atoms with E-state index in [2.05, 4.69) is 95.9 Å². The monoisotopic (exact) mass is 1330 g/mol. The topological polar surface area (TPSA) is 120 Å². The fourth-order valence-electron chi connectivity index (χ4n) is 12.7. The van der Waals surface area contributed by atoms with Gasteiger partial charge >= 0.3 is 5.97 Å². The third-order valence-corrected chi connectivity index (χ3v) is 21.1. The lowest BCUT2D eigenvalue weighted by Crippen LogP contribution is -2.47. The van der Waals surface area contributed by atoms with Crippen LogP contribution in [-0.2, 0) is 9.53 Å². The summed E-state index contributed by atoms with van der Waals surface area (Å²) in [5.74, 6) is 2.10. The average Bonchev–Trinajstić information content (AvgIpc) is 3.05. The number of carbonyl (C=O) groups excluding carboxylic acids is 1. The minimum absolute atomic E-state index is 0.152. The number of ether oxygens (including phenoxy) is 1. The SMILES string of the molecule is CCCCC/C=C\C/C=C\CCCCCC[C@@H](O)CN(CCCC(=O)OCCN1CCN(CCSSCCCCN(CC(O)CCCCCCCCCCCC)CC(O)CCCCCCCCCCCC)CC1)C[C@H](O)CCCCCC/C=C\C/C=C\CCCCC. The molecule has 2 unspecified atom stereocenters. The Bertz CT molecular complexity index is 1550. The summed E-state index contributed by atoms with van der Waals surface area (Å²) >= 11 is 0. The third kappa shape index (κ3) is 63.5. The zero-order valence-electron chi connectivity index (χ0n) is 61.2. The molecule has 0 aromatic rings. The minimum atomic E-state index is -0.439. The zero-order valence-corrected chi connectivity index (χ0v) is 62.8. The fourth-order valence-corrected chi connectivity index (χ4v) is 14.8. The molecule has 4 N–H and O–H groups in total. The Hall–Kier alpha value is -1.19. The van der Waals surface area contributed by atoms with Gasteiger partial charge in [-0.3, -0.25) is 24.4 Å². The predicted molar refractivity (Wildman–Crippen MR) is 407 cm³/mol. The van der Waals surface area contributed by atoms with Gasteiger partial charge in [0.15, 0.2) is 0 Å². The Balaban J connectivity index is 2.43. The molecule has 0 saturated carbocycles. The van der Waals surface area contributed by atoms with Crippen molar-refractivity contribution in [1.29, 1.82) is 0 Å². The van der Waals surface area contributed by atoms with E-state index in [1.54, 1.807) is 0 Å². The van der Waals surface area contributed by atoms with Crippen molar-refractivity contribution in [2.24, 2.45) is 0 Å². The Morgan fingerprint density at radius 2 is 0.674 bits per heavy atom. The number of carbonyl (C=O) groups is 1. The standard InChI is InChI=1S/C80H154N4O6S2/c1-5-9-13-17-21-25-29-31-33-35-39-43-47-51-58-78(87)74-84(75-79(88)59-52-48-44-40-36-34-32-30-26-22-18-14-10-6-2)62-55-60-80(89)90-69-67-81-63-65-82(66-64-81)68-71-92-91-70-54-53-61-83(72-76(85)56-49-45-41-37-27-23-19-15-11-7-3)73-77(86)57-50-46-42-38-28-24-20-16-12-8-4/h21-22,25-26,31-34,76-79,85-88H,5-20,23-24,27-30,35-75H2,1-4H3/b25-21-,26-22-,33-31-,34-32-/t76?,77?,78-,79-/m1/s1. The summed E-state index contributed by atoms with van der Waals surface area (Å²) in [7, 11) is 3.99. The fraction of sp³-hybridized carbons (Fsp3) is 0.887. The van der Waals surface area contributed by atoms with Crippen molar-refractivity contribution in [3.05, 3.63) is 48.6 Å². The van der Waals surface area contributed by atoms with Crippen molar-refractivity contribution in [2.75, 3.05) is 96.6 Å². The van der Waals surface area contributed by atoms with Gasteiger partial charge in [0, 0.05) is 83.4 Å². The van der Waals surface area contributed by atoms with Gasteiger partial charge in [0.25, 0.3) is 0 Å². The van der Waals surface area contributed by atoms with Gasteiger partial charge in [0.2, 0.25) is 0 Å². The van der Waals surface area contributed by atoms with Crippen LogP contribution in [0.25, 0.3) is 0 Å². The number of hydrogen-bond donors (Lipinski definition) is 4. The van der Waals surface area contributed by atoms with E-state index in [1.807, 2.05) is 21.6 Å². The van der Waals surface area contributed by atoms with Crippen LogP contribution in [-0.4, -0.2) is 167 Å². The highest BCUT2D eigenvalue weighted by molar-refractivity contribution is 8.76. The lowest BCUT2D eigenvalue weighted by molar-refractivity contribution is -0.144. The molecule has 1 saturated heterocycles. The molecule has 10 nitrogen and oxygen atoms in total. The van der Waals surface area contributed by atoms with Crippen LogP contribution in [0.3, 0.4) is 0 Å². The van der Waals surface area contributed by atoms with Gasteiger partial charge in [-0.05, 0) is 122 Å². The van der Waals surface area contributed by atoms with E-state index >= 15 is 0 Å². The molecule has 542 valence electrons. The van der Waals surface area contributed by atoms with Crippen molar-refractivity contribution in [2.45, 2.75) is 360 Å². The van der Waals surface area contributed by atoms with Crippen LogP contribution in [0.15, 0.2) is 48.6 Å². The zero-order chi connectivity index (χ0) is 66.5. The van der Waals surface area contributed by atoms with Crippen LogP contribution >= 0.6 is 21.6 Å². The number of unbranched alkanes of at least 4 members (excludes halogenated alkanes) is 33. The smallest absolute Gasteiger partial charge is 0.305 e. The number of allylic oxidation sites excluding steroid dienone is 8. The maximum absolute atomic E-state index is 13.0. The van der Waals surface area contributed by atoms with Gasteiger partial charge in [-0.2, -0.15) is 0 Å². The highest BCUT2D eigenvalue weighted by Gasteiger charge is 2.20. The summed E-state index contributed by atoms with van der Waals surface area (Å²) in [4.78, 5) is 22.6. The van der Waals surface area contributed by atoms with Crippen LogP contribution in [0.5, 0.6) is 0 Å². The number of aliphatic hydroxyl groups excluding tert-OH is 4. The molecule has 0 amide bonds. The van der Waals surface area contributed by atoms with Gasteiger partial charge in [-0.15, -0.1) is 0 Å².